The van der Waals surface area contributed by atoms with Crippen LogP contribution in [0.3, 0.4) is 0 Å². The standard InChI is InChI=1S/C13H20N4O/c1-8-6-10(11(12(14)18)9(2)17-8)16-7-13(15)4-3-5-13/h6H,3-5,7,15H2,1-2H3,(H2,14,18)(H,16,17). The monoisotopic (exact) mass is 248 g/mol. The van der Waals surface area contributed by atoms with Crippen molar-refractivity contribution in [2.45, 2.75) is 38.6 Å². The first-order chi connectivity index (χ1) is 8.41. The molecule has 98 valence electrons. The van der Waals surface area contributed by atoms with Gasteiger partial charge in [-0.2, -0.15) is 0 Å². The number of rotatable bonds is 4. The number of nitrogens with one attached hydrogen (secondary N) is 1. The van der Waals surface area contributed by atoms with Gasteiger partial charge < -0.3 is 16.8 Å². The van der Waals surface area contributed by atoms with Gasteiger partial charge in [-0.1, -0.05) is 0 Å². The van der Waals surface area contributed by atoms with E-state index < -0.39 is 5.91 Å². The Balaban J connectivity index is 2.22. The molecule has 1 fully saturated rings. The molecule has 1 saturated carbocycles. The molecule has 0 atom stereocenters. The van der Waals surface area contributed by atoms with E-state index in [4.69, 9.17) is 11.5 Å². The van der Waals surface area contributed by atoms with Crippen LogP contribution in [0.15, 0.2) is 6.07 Å². The fourth-order valence-corrected chi connectivity index (χ4v) is 2.36. The molecule has 1 aliphatic rings. The summed E-state index contributed by atoms with van der Waals surface area (Å²) in [6.45, 7) is 4.35. The van der Waals surface area contributed by atoms with Crippen molar-refractivity contribution in [1.82, 2.24) is 4.98 Å². The van der Waals surface area contributed by atoms with Crippen LogP contribution in [0.1, 0.15) is 41.0 Å². The number of primary amides is 1. The number of anilines is 1. The number of amides is 1. The van der Waals surface area contributed by atoms with Crippen molar-refractivity contribution in [3.05, 3.63) is 23.0 Å². The molecule has 0 aromatic carbocycles. The summed E-state index contributed by atoms with van der Waals surface area (Å²) in [5.74, 6) is -0.456. The van der Waals surface area contributed by atoms with Gasteiger partial charge >= 0.3 is 0 Å². The molecule has 1 amide bonds. The van der Waals surface area contributed by atoms with E-state index in [1.54, 1.807) is 6.92 Å². The normalized spacial score (nSPS) is 17.1. The number of hydrogen-bond donors (Lipinski definition) is 3. The maximum atomic E-state index is 11.5. The molecule has 0 unspecified atom stereocenters. The Labute approximate surface area is 107 Å². The molecule has 5 N–H and O–H groups in total. The van der Waals surface area contributed by atoms with E-state index in [9.17, 15) is 4.79 Å². The largest absolute Gasteiger partial charge is 0.382 e. The molecular formula is C13H20N4O. The molecule has 1 aliphatic carbocycles. The van der Waals surface area contributed by atoms with Gasteiger partial charge in [-0.25, -0.2) is 0 Å². The highest BCUT2D eigenvalue weighted by atomic mass is 16.1. The lowest BCUT2D eigenvalue weighted by atomic mass is 9.77. The van der Waals surface area contributed by atoms with Gasteiger partial charge in [-0.15, -0.1) is 0 Å². The molecule has 5 heteroatoms. The van der Waals surface area contributed by atoms with Crippen LogP contribution in [0.2, 0.25) is 0 Å². The molecule has 0 spiro atoms. The van der Waals surface area contributed by atoms with E-state index in [0.29, 0.717) is 17.8 Å². The average molecular weight is 248 g/mol. The van der Waals surface area contributed by atoms with E-state index in [1.807, 2.05) is 13.0 Å². The number of aromatic nitrogens is 1. The zero-order valence-corrected chi connectivity index (χ0v) is 10.9. The maximum absolute atomic E-state index is 11.5. The number of hydrogen-bond acceptors (Lipinski definition) is 4. The van der Waals surface area contributed by atoms with Crippen molar-refractivity contribution in [2.24, 2.45) is 11.5 Å². The quantitative estimate of drug-likeness (QED) is 0.743. The first-order valence-electron chi connectivity index (χ1n) is 6.22. The van der Waals surface area contributed by atoms with Crippen LogP contribution >= 0.6 is 0 Å². The SMILES string of the molecule is Cc1cc(NCC2(N)CCC2)c(C(N)=O)c(C)n1. The lowest BCUT2D eigenvalue weighted by molar-refractivity contribution is 0.1000. The molecule has 18 heavy (non-hydrogen) atoms. The molecular weight excluding hydrogens is 228 g/mol. The van der Waals surface area contributed by atoms with Crippen molar-refractivity contribution >= 4 is 11.6 Å². The van der Waals surface area contributed by atoms with Gasteiger partial charge in [0, 0.05) is 17.8 Å². The van der Waals surface area contributed by atoms with Crippen molar-refractivity contribution in [3.8, 4) is 0 Å². The highest BCUT2D eigenvalue weighted by molar-refractivity contribution is 5.99. The minimum Gasteiger partial charge on any atom is -0.382 e. The highest BCUT2D eigenvalue weighted by Crippen LogP contribution is 2.30. The highest BCUT2D eigenvalue weighted by Gasteiger charge is 2.32. The summed E-state index contributed by atoms with van der Waals surface area (Å²) in [5.41, 5.74) is 14.1. The molecule has 0 bridgehead atoms. The number of carbonyl (C=O) groups excluding carboxylic acids is 1. The van der Waals surface area contributed by atoms with E-state index in [1.165, 1.54) is 6.42 Å². The second kappa shape index (κ2) is 4.57. The Morgan fingerprint density at radius 3 is 2.67 bits per heavy atom. The van der Waals surface area contributed by atoms with Crippen molar-refractivity contribution in [2.75, 3.05) is 11.9 Å². The summed E-state index contributed by atoms with van der Waals surface area (Å²) in [4.78, 5) is 15.7. The lowest BCUT2D eigenvalue weighted by Crippen LogP contribution is -2.52. The van der Waals surface area contributed by atoms with Gasteiger partial charge in [0.15, 0.2) is 0 Å². The number of pyridine rings is 1. The molecule has 1 aromatic heterocycles. The Hall–Kier alpha value is -1.62. The predicted molar refractivity (Wildman–Crippen MR) is 71.5 cm³/mol. The number of nitrogens with two attached hydrogens (primary N) is 2. The Kier molecular flexibility index (Phi) is 3.26. The van der Waals surface area contributed by atoms with Crippen LogP contribution in [0, 0.1) is 13.8 Å². The van der Waals surface area contributed by atoms with Crippen molar-refractivity contribution in [3.63, 3.8) is 0 Å². The van der Waals surface area contributed by atoms with Crippen LogP contribution in [-0.4, -0.2) is 23.0 Å². The van der Waals surface area contributed by atoms with Crippen LogP contribution in [-0.2, 0) is 0 Å². The van der Waals surface area contributed by atoms with Crippen LogP contribution in [0.25, 0.3) is 0 Å². The first kappa shape index (κ1) is 12.8. The minimum absolute atomic E-state index is 0.139. The predicted octanol–water partition coefficient (Wildman–Crippen LogP) is 1.09. The molecule has 1 heterocycles. The van der Waals surface area contributed by atoms with E-state index >= 15 is 0 Å². The second-order valence-corrected chi connectivity index (χ2v) is 5.21. The summed E-state index contributed by atoms with van der Waals surface area (Å²) in [6.07, 6.45) is 3.22. The van der Waals surface area contributed by atoms with Crippen molar-refractivity contribution in [1.29, 1.82) is 0 Å². The Bertz CT molecular complexity index is 480. The van der Waals surface area contributed by atoms with Gasteiger partial charge in [0.25, 0.3) is 5.91 Å². The molecule has 5 nitrogen and oxygen atoms in total. The Morgan fingerprint density at radius 2 is 2.17 bits per heavy atom. The van der Waals surface area contributed by atoms with Crippen LogP contribution in [0.5, 0.6) is 0 Å². The van der Waals surface area contributed by atoms with Gasteiger partial charge in [-0.3, -0.25) is 9.78 Å². The smallest absolute Gasteiger partial charge is 0.252 e. The summed E-state index contributed by atoms with van der Waals surface area (Å²) in [5, 5.41) is 3.25. The van der Waals surface area contributed by atoms with Crippen LogP contribution in [0.4, 0.5) is 5.69 Å². The topological polar surface area (TPSA) is 94.0 Å². The number of nitrogens with zero attached hydrogens (tertiary/aromatic N) is 1. The molecule has 0 radical (unpaired) electrons. The fraction of sp³-hybridized carbons (Fsp3) is 0.538. The first-order valence-corrected chi connectivity index (χ1v) is 6.22. The minimum atomic E-state index is -0.456. The number of aryl methyl sites for hydroxylation is 2. The van der Waals surface area contributed by atoms with Crippen molar-refractivity contribution < 1.29 is 4.79 Å². The zero-order valence-electron chi connectivity index (χ0n) is 10.9. The maximum Gasteiger partial charge on any atom is 0.252 e. The van der Waals surface area contributed by atoms with Gasteiger partial charge in [0.1, 0.15) is 0 Å². The second-order valence-electron chi connectivity index (χ2n) is 5.21. The summed E-state index contributed by atoms with van der Waals surface area (Å²) < 4.78 is 0. The third-order valence-corrected chi connectivity index (χ3v) is 3.56. The molecule has 2 rings (SSSR count). The van der Waals surface area contributed by atoms with Gasteiger partial charge in [-0.05, 0) is 39.2 Å². The number of carbonyl (C=O) groups is 1. The lowest BCUT2D eigenvalue weighted by Gasteiger charge is -2.38. The molecule has 0 saturated heterocycles. The van der Waals surface area contributed by atoms with E-state index in [2.05, 4.69) is 10.3 Å². The van der Waals surface area contributed by atoms with E-state index in [0.717, 1.165) is 24.2 Å². The van der Waals surface area contributed by atoms with Gasteiger partial charge in [0.05, 0.1) is 16.9 Å². The molecule has 1 aromatic rings. The third kappa shape index (κ3) is 2.46. The van der Waals surface area contributed by atoms with Crippen LogP contribution < -0.4 is 16.8 Å². The Morgan fingerprint density at radius 1 is 1.50 bits per heavy atom. The van der Waals surface area contributed by atoms with Gasteiger partial charge in [0.2, 0.25) is 0 Å². The summed E-state index contributed by atoms with van der Waals surface area (Å²) in [7, 11) is 0. The summed E-state index contributed by atoms with van der Waals surface area (Å²) >= 11 is 0. The molecule has 0 aliphatic heterocycles. The van der Waals surface area contributed by atoms with E-state index in [-0.39, 0.29) is 5.54 Å². The zero-order chi connectivity index (χ0) is 13.3. The summed E-state index contributed by atoms with van der Waals surface area (Å²) in [6, 6.07) is 1.84. The fourth-order valence-electron chi connectivity index (χ4n) is 2.36. The average Bonchev–Trinajstić information content (AvgIpc) is 2.22. The third-order valence-electron chi connectivity index (χ3n) is 3.56.